The van der Waals surface area contributed by atoms with Crippen LogP contribution in [0, 0.1) is 17.6 Å². The maximum Gasteiger partial charge on any atom is 0.257 e. The van der Waals surface area contributed by atoms with Crippen LogP contribution in [0.3, 0.4) is 0 Å². The minimum absolute atomic E-state index is 0.134. The summed E-state index contributed by atoms with van der Waals surface area (Å²) >= 11 is 0. The molecule has 2 amide bonds. The molecule has 0 saturated heterocycles. The molecule has 2 aromatic rings. The fourth-order valence-corrected chi connectivity index (χ4v) is 2.58. The minimum atomic E-state index is -0.989. The predicted molar refractivity (Wildman–Crippen MR) is 99.7 cm³/mol. The molecule has 0 aliphatic rings. The van der Waals surface area contributed by atoms with Crippen LogP contribution in [-0.2, 0) is 11.3 Å². The number of carbonyl (C=O) groups excluding carboxylic acids is 2. The molecule has 0 aliphatic carbocycles. The van der Waals surface area contributed by atoms with Gasteiger partial charge in [0.05, 0.1) is 6.61 Å². The summed E-state index contributed by atoms with van der Waals surface area (Å²) in [6.07, 6.45) is 1.58. The molecule has 6 nitrogen and oxygen atoms in total. The molecule has 0 saturated carbocycles. The van der Waals surface area contributed by atoms with E-state index >= 15 is 0 Å². The number of rotatable bonds is 8. The highest BCUT2D eigenvalue weighted by Gasteiger charge is 2.27. The first-order chi connectivity index (χ1) is 13.3. The number of amides is 2. The van der Waals surface area contributed by atoms with Gasteiger partial charge in [-0.1, -0.05) is 26.0 Å². The highest BCUT2D eigenvalue weighted by molar-refractivity contribution is 5.98. The van der Waals surface area contributed by atoms with Gasteiger partial charge in [0, 0.05) is 18.3 Å². The van der Waals surface area contributed by atoms with Crippen LogP contribution < -0.4 is 15.4 Å². The molecule has 1 heterocycles. The van der Waals surface area contributed by atoms with E-state index in [1.807, 2.05) is 6.92 Å². The summed E-state index contributed by atoms with van der Waals surface area (Å²) in [6, 6.07) is 5.64. The van der Waals surface area contributed by atoms with Gasteiger partial charge in [-0.05, 0) is 31.0 Å². The standard InChI is InChI=1S/C20H23F2N3O3/c1-4-28-20-13(7-6-10-23-20)11-24-19(27)17(12(2)3)25-18(26)16-14(21)8-5-9-15(16)22/h5-10,12,17H,4,11H2,1-3H3,(H,24,27)(H,25,26). The number of nitrogens with one attached hydrogen (secondary N) is 2. The summed E-state index contributed by atoms with van der Waals surface area (Å²) in [4.78, 5) is 29.0. The molecule has 0 fully saturated rings. The van der Waals surface area contributed by atoms with Gasteiger partial charge in [0.15, 0.2) is 0 Å². The lowest BCUT2D eigenvalue weighted by molar-refractivity contribution is -0.124. The maximum atomic E-state index is 13.8. The first kappa shape index (κ1) is 21.3. The fraction of sp³-hybridized carbons (Fsp3) is 0.350. The summed E-state index contributed by atoms with van der Waals surface area (Å²) in [6.45, 7) is 5.82. The van der Waals surface area contributed by atoms with E-state index in [2.05, 4.69) is 15.6 Å². The summed E-state index contributed by atoms with van der Waals surface area (Å²) in [7, 11) is 0. The molecular weight excluding hydrogens is 368 g/mol. The number of ether oxygens (including phenoxy) is 1. The Labute approximate surface area is 162 Å². The molecular formula is C20H23F2N3O3. The number of carbonyl (C=O) groups is 2. The Balaban J connectivity index is 2.09. The van der Waals surface area contributed by atoms with Crippen LogP contribution in [-0.4, -0.2) is 29.4 Å². The van der Waals surface area contributed by atoms with Gasteiger partial charge in [-0.25, -0.2) is 13.8 Å². The third-order valence-electron chi connectivity index (χ3n) is 4.01. The third kappa shape index (κ3) is 5.25. The Morgan fingerprint density at radius 3 is 2.43 bits per heavy atom. The van der Waals surface area contributed by atoms with Crippen molar-refractivity contribution < 1.29 is 23.1 Å². The summed E-state index contributed by atoms with van der Waals surface area (Å²) < 4.78 is 33.0. The van der Waals surface area contributed by atoms with Crippen molar-refractivity contribution in [2.75, 3.05) is 6.61 Å². The van der Waals surface area contributed by atoms with Gasteiger partial charge < -0.3 is 15.4 Å². The van der Waals surface area contributed by atoms with E-state index < -0.39 is 35.1 Å². The van der Waals surface area contributed by atoms with E-state index in [0.717, 1.165) is 18.2 Å². The second kappa shape index (κ2) is 9.77. The van der Waals surface area contributed by atoms with Crippen molar-refractivity contribution in [1.82, 2.24) is 15.6 Å². The molecule has 0 aliphatic heterocycles. The fourth-order valence-electron chi connectivity index (χ4n) is 2.58. The van der Waals surface area contributed by atoms with Gasteiger partial charge in [0.2, 0.25) is 11.8 Å². The van der Waals surface area contributed by atoms with Crippen molar-refractivity contribution >= 4 is 11.8 Å². The molecule has 150 valence electrons. The molecule has 2 N–H and O–H groups in total. The largest absolute Gasteiger partial charge is 0.478 e. The van der Waals surface area contributed by atoms with Crippen molar-refractivity contribution in [2.24, 2.45) is 5.92 Å². The summed E-state index contributed by atoms with van der Waals surface area (Å²) in [5.74, 6) is -3.34. The van der Waals surface area contributed by atoms with Crippen molar-refractivity contribution in [3.63, 3.8) is 0 Å². The molecule has 0 spiro atoms. The van der Waals surface area contributed by atoms with Crippen molar-refractivity contribution in [2.45, 2.75) is 33.4 Å². The van der Waals surface area contributed by atoms with Gasteiger partial charge in [0.25, 0.3) is 5.91 Å². The van der Waals surface area contributed by atoms with Gasteiger partial charge in [0.1, 0.15) is 23.2 Å². The zero-order valence-electron chi connectivity index (χ0n) is 16.0. The normalized spacial score (nSPS) is 11.8. The Morgan fingerprint density at radius 2 is 1.82 bits per heavy atom. The average molecular weight is 391 g/mol. The maximum absolute atomic E-state index is 13.8. The van der Waals surface area contributed by atoms with E-state index in [-0.39, 0.29) is 12.5 Å². The number of hydrogen-bond donors (Lipinski definition) is 2. The highest BCUT2D eigenvalue weighted by atomic mass is 19.1. The van der Waals surface area contributed by atoms with Crippen LogP contribution in [0.2, 0.25) is 0 Å². The van der Waals surface area contributed by atoms with Crippen molar-refractivity contribution in [3.8, 4) is 5.88 Å². The topological polar surface area (TPSA) is 80.3 Å². The van der Waals surface area contributed by atoms with E-state index in [1.165, 1.54) is 0 Å². The lowest BCUT2D eigenvalue weighted by Gasteiger charge is -2.22. The molecule has 2 rings (SSSR count). The quantitative estimate of drug-likeness (QED) is 0.725. The summed E-state index contributed by atoms with van der Waals surface area (Å²) in [5.41, 5.74) is -0.0430. The first-order valence-corrected chi connectivity index (χ1v) is 8.94. The molecule has 0 radical (unpaired) electrons. The molecule has 28 heavy (non-hydrogen) atoms. The minimum Gasteiger partial charge on any atom is -0.478 e. The number of nitrogens with zero attached hydrogens (tertiary/aromatic N) is 1. The zero-order valence-corrected chi connectivity index (χ0v) is 16.0. The van der Waals surface area contributed by atoms with Crippen LogP contribution in [0.4, 0.5) is 8.78 Å². The lowest BCUT2D eigenvalue weighted by Crippen LogP contribution is -2.49. The van der Waals surface area contributed by atoms with E-state index in [9.17, 15) is 18.4 Å². The van der Waals surface area contributed by atoms with Gasteiger partial charge in [-0.15, -0.1) is 0 Å². The smallest absolute Gasteiger partial charge is 0.257 e. The van der Waals surface area contributed by atoms with Crippen LogP contribution in [0.1, 0.15) is 36.7 Å². The highest BCUT2D eigenvalue weighted by Crippen LogP contribution is 2.15. The Morgan fingerprint density at radius 1 is 1.14 bits per heavy atom. The van der Waals surface area contributed by atoms with Crippen LogP contribution in [0.5, 0.6) is 5.88 Å². The summed E-state index contributed by atoms with van der Waals surface area (Å²) in [5, 5.41) is 5.12. The molecule has 1 unspecified atom stereocenters. The molecule has 1 aromatic heterocycles. The van der Waals surface area contributed by atoms with Gasteiger partial charge in [-0.2, -0.15) is 0 Å². The number of pyridine rings is 1. The second-order valence-corrected chi connectivity index (χ2v) is 6.41. The first-order valence-electron chi connectivity index (χ1n) is 8.94. The Bertz CT molecular complexity index is 823. The van der Waals surface area contributed by atoms with E-state index in [1.54, 1.807) is 32.2 Å². The lowest BCUT2D eigenvalue weighted by atomic mass is 10.0. The average Bonchev–Trinajstić information content (AvgIpc) is 2.65. The SMILES string of the molecule is CCOc1ncccc1CNC(=O)C(NC(=O)c1c(F)cccc1F)C(C)C. The molecule has 1 atom stereocenters. The Hall–Kier alpha value is -3.03. The number of halogens is 2. The van der Waals surface area contributed by atoms with Crippen LogP contribution in [0.15, 0.2) is 36.5 Å². The molecule has 0 bridgehead atoms. The monoisotopic (exact) mass is 391 g/mol. The van der Waals surface area contributed by atoms with E-state index in [4.69, 9.17) is 4.74 Å². The van der Waals surface area contributed by atoms with Crippen molar-refractivity contribution in [3.05, 3.63) is 59.3 Å². The Kier molecular flexibility index (Phi) is 7.43. The van der Waals surface area contributed by atoms with Gasteiger partial charge in [-0.3, -0.25) is 9.59 Å². The zero-order chi connectivity index (χ0) is 20.7. The second-order valence-electron chi connectivity index (χ2n) is 6.41. The number of aromatic nitrogens is 1. The predicted octanol–water partition coefficient (Wildman–Crippen LogP) is 2.83. The van der Waals surface area contributed by atoms with Crippen LogP contribution >= 0.6 is 0 Å². The van der Waals surface area contributed by atoms with Crippen molar-refractivity contribution in [1.29, 1.82) is 0 Å². The number of hydrogen-bond acceptors (Lipinski definition) is 4. The third-order valence-corrected chi connectivity index (χ3v) is 4.01. The van der Waals surface area contributed by atoms with Gasteiger partial charge >= 0.3 is 0 Å². The molecule has 1 aromatic carbocycles. The molecule has 8 heteroatoms. The number of benzene rings is 1. The van der Waals surface area contributed by atoms with Crippen LogP contribution in [0.25, 0.3) is 0 Å². The van der Waals surface area contributed by atoms with E-state index in [0.29, 0.717) is 18.1 Å².